The number of rotatable bonds is 10. The highest BCUT2D eigenvalue weighted by Gasteiger charge is 2.30. The zero-order chi connectivity index (χ0) is 18.9. The fourth-order valence-electron chi connectivity index (χ4n) is 1.68. The van der Waals surface area contributed by atoms with Crippen molar-refractivity contribution in [2.24, 2.45) is 11.7 Å². The minimum atomic E-state index is -1.51. The second-order valence-electron chi connectivity index (χ2n) is 5.32. The predicted octanol–water partition coefficient (Wildman–Crippen LogP) is -3.88. The molecule has 0 aromatic carbocycles. The van der Waals surface area contributed by atoms with Gasteiger partial charge in [-0.3, -0.25) is 14.4 Å². The fourth-order valence-corrected chi connectivity index (χ4v) is 1.68. The number of carboxylic acids is 1. The topological polar surface area (TPSA) is 191 Å². The number of hydrogen-bond acceptors (Lipinski definition) is 7. The molecule has 0 saturated heterocycles. The zero-order valence-electron chi connectivity index (χ0n) is 13.5. The molecule has 3 unspecified atom stereocenters. The lowest BCUT2D eigenvalue weighted by molar-refractivity contribution is -0.143. The summed E-state index contributed by atoms with van der Waals surface area (Å²) in [4.78, 5) is 46.2. The van der Waals surface area contributed by atoms with Gasteiger partial charge in [0.25, 0.3) is 0 Å². The molecule has 3 atom stereocenters. The number of carbonyl (C=O) groups excluding carboxylic acids is 3. The van der Waals surface area contributed by atoms with Crippen molar-refractivity contribution < 1.29 is 34.5 Å². The van der Waals surface area contributed by atoms with E-state index in [1.54, 1.807) is 13.8 Å². The van der Waals surface area contributed by atoms with Gasteiger partial charge in [-0.1, -0.05) is 13.8 Å². The smallest absolute Gasteiger partial charge is 0.328 e. The number of nitrogens with one attached hydrogen (secondary N) is 3. The van der Waals surface area contributed by atoms with Gasteiger partial charge in [-0.25, -0.2) is 4.79 Å². The molecule has 0 heterocycles. The van der Waals surface area contributed by atoms with Gasteiger partial charge >= 0.3 is 5.97 Å². The third kappa shape index (κ3) is 6.89. The van der Waals surface area contributed by atoms with Gasteiger partial charge in [-0.2, -0.15) is 0 Å². The molecule has 11 nitrogen and oxygen atoms in total. The zero-order valence-corrected chi connectivity index (χ0v) is 13.5. The van der Waals surface area contributed by atoms with Gasteiger partial charge in [-0.05, 0) is 5.92 Å². The van der Waals surface area contributed by atoms with Crippen LogP contribution in [-0.2, 0) is 19.2 Å². The van der Waals surface area contributed by atoms with Crippen molar-refractivity contribution in [3.63, 3.8) is 0 Å². The van der Waals surface area contributed by atoms with E-state index in [-0.39, 0.29) is 6.54 Å². The Balaban J connectivity index is 4.99. The summed E-state index contributed by atoms with van der Waals surface area (Å²) < 4.78 is 0. The molecule has 0 radical (unpaired) electrons. The highest BCUT2D eigenvalue weighted by atomic mass is 16.4. The molecule has 0 spiro atoms. The first-order valence-electron chi connectivity index (χ1n) is 7.22. The normalized spacial score (nSPS) is 14.4. The van der Waals surface area contributed by atoms with Crippen LogP contribution in [0.15, 0.2) is 0 Å². The van der Waals surface area contributed by atoms with E-state index in [1.165, 1.54) is 0 Å². The lowest BCUT2D eigenvalue weighted by atomic mass is 10.0. The molecule has 0 aliphatic heterocycles. The van der Waals surface area contributed by atoms with Gasteiger partial charge in [-0.15, -0.1) is 0 Å². The van der Waals surface area contributed by atoms with Crippen LogP contribution in [-0.4, -0.2) is 76.9 Å². The monoisotopic (exact) mass is 348 g/mol. The second kappa shape index (κ2) is 10.5. The Hall–Kier alpha value is -2.24. The Labute approximate surface area is 138 Å². The van der Waals surface area contributed by atoms with E-state index in [0.29, 0.717) is 0 Å². The molecule has 0 bridgehead atoms. The molecular weight excluding hydrogens is 324 g/mol. The molecule has 8 N–H and O–H groups in total. The van der Waals surface area contributed by atoms with Crippen LogP contribution in [0.4, 0.5) is 0 Å². The van der Waals surface area contributed by atoms with E-state index in [2.05, 4.69) is 16.0 Å². The second-order valence-corrected chi connectivity index (χ2v) is 5.32. The fraction of sp³-hybridized carbons (Fsp3) is 0.692. The Morgan fingerprint density at radius 1 is 0.917 bits per heavy atom. The molecular formula is C13H24N4O7. The Morgan fingerprint density at radius 3 is 1.83 bits per heavy atom. The lowest BCUT2D eigenvalue weighted by Crippen LogP contribution is -2.58. The summed E-state index contributed by atoms with van der Waals surface area (Å²) in [5.41, 5.74) is 5.10. The number of amides is 3. The van der Waals surface area contributed by atoms with E-state index < -0.39 is 60.9 Å². The van der Waals surface area contributed by atoms with Crippen LogP contribution in [0.2, 0.25) is 0 Å². The Morgan fingerprint density at radius 2 is 1.46 bits per heavy atom. The molecule has 0 fully saturated rings. The first kappa shape index (κ1) is 21.8. The average molecular weight is 348 g/mol. The maximum atomic E-state index is 12.1. The van der Waals surface area contributed by atoms with E-state index in [0.717, 1.165) is 0 Å². The van der Waals surface area contributed by atoms with Crippen LogP contribution in [0, 0.1) is 5.92 Å². The summed E-state index contributed by atoms with van der Waals surface area (Å²) in [6.45, 7) is 1.30. The number of aliphatic carboxylic acids is 1. The van der Waals surface area contributed by atoms with E-state index >= 15 is 0 Å². The Kier molecular flexibility index (Phi) is 9.54. The maximum Gasteiger partial charge on any atom is 0.328 e. The average Bonchev–Trinajstić information content (AvgIpc) is 2.53. The van der Waals surface area contributed by atoms with Crippen molar-refractivity contribution in [3.05, 3.63) is 0 Å². The molecule has 0 aromatic rings. The van der Waals surface area contributed by atoms with Crippen LogP contribution in [0.1, 0.15) is 13.8 Å². The largest absolute Gasteiger partial charge is 0.480 e. The van der Waals surface area contributed by atoms with Gasteiger partial charge in [0.1, 0.15) is 18.1 Å². The molecule has 0 rings (SSSR count). The third-order valence-electron chi connectivity index (χ3n) is 3.06. The molecule has 0 saturated carbocycles. The van der Waals surface area contributed by atoms with Crippen molar-refractivity contribution in [3.8, 4) is 0 Å². The van der Waals surface area contributed by atoms with Crippen LogP contribution in [0.25, 0.3) is 0 Å². The van der Waals surface area contributed by atoms with Gasteiger partial charge in [0.05, 0.1) is 19.8 Å². The standard InChI is InChI=1S/C13H24N4O7/c1-6(2)10(12(22)16-8(5-19)13(23)24)17-11(21)7(4-18)15-9(20)3-14/h6-8,10,18-19H,3-5,14H2,1-2H3,(H,15,20)(H,16,22)(H,17,21)(H,23,24). The molecule has 0 aliphatic rings. The summed E-state index contributed by atoms with van der Waals surface area (Å²) in [7, 11) is 0. The number of aliphatic hydroxyl groups is 2. The number of hydrogen-bond donors (Lipinski definition) is 7. The summed E-state index contributed by atoms with van der Waals surface area (Å²) in [5, 5.41) is 33.5. The first-order valence-corrected chi connectivity index (χ1v) is 7.22. The highest BCUT2D eigenvalue weighted by molar-refractivity contribution is 5.93. The van der Waals surface area contributed by atoms with Crippen LogP contribution < -0.4 is 21.7 Å². The number of carbonyl (C=O) groups is 4. The van der Waals surface area contributed by atoms with Crippen LogP contribution in [0.3, 0.4) is 0 Å². The number of carboxylic acid groups (broad SMARTS) is 1. The minimum absolute atomic E-state index is 0.380. The van der Waals surface area contributed by atoms with Gasteiger partial charge in [0, 0.05) is 0 Å². The SMILES string of the molecule is CC(C)C(NC(=O)C(CO)NC(=O)CN)C(=O)NC(CO)C(=O)O. The quantitative estimate of drug-likeness (QED) is 0.208. The van der Waals surface area contributed by atoms with Crippen molar-refractivity contribution in [2.45, 2.75) is 32.0 Å². The van der Waals surface area contributed by atoms with E-state index in [1.807, 2.05) is 0 Å². The third-order valence-corrected chi connectivity index (χ3v) is 3.06. The Bertz CT molecular complexity index is 469. The summed E-state index contributed by atoms with van der Waals surface area (Å²) in [6, 6.07) is -3.95. The molecule has 24 heavy (non-hydrogen) atoms. The van der Waals surface area contributed by atoms with Crippen molar-refractivity contribution in [1.82, 2.24) is 16.0 Å². The number of nitrogens with two attached hydrogens (primary N) is 1. The summed E-state index contributed by atoms with van der Waals surface area (Å²) in [6.07, 6.45) is 0. The summed E-state index contributed by atoms with van der Waals surface area (Å²) in [5.74, 6) is -4.17. The number of aliphatic hydroxyl groups excluding tert-OH is 2. The maximum absolute atomic E-state index is 12.1. The highest BCUT2D eigenvalue weighted by Crippen LogP contribution is 2.03. The van der Waals surface area contributed by atoms with Gasteiger partial charge in [0.2, 0.25) is 17.7 Å². The van der Waals surface area contributed by atoms with E-state index in [4.69, 9.17) is 21.1 Å². The van der Waals surface area contributed by atoms with Crippen LogP contribution in [0.5, 0.6) is 0 Å². The summed E-state index contributed by atoms with van der Waals surface area (Å²) >= 11 is 0. The molecule has 0 aromatic heterocycles. The van der Waals surface area contributed by atoms with Gasteiger partial charge < -0.3 is 37.0 Å². The predicted molar refractivity (Wildman–Crippen MR) is 81.5 cm³/mol. The van der Waals surface area contributed by atoms with Crippen molar-refractivity contribution in [2.75, 3.05) is 19.8 Å². The van der Waals surface area contributed by atoms with E-state index in [9.17, 15) is 19.2 Å². The van der Waals surface area contributed by atoms with Crippen molar-refractivity contribution in [1.29, 1.82) is 0 Å². The molecule has 11 heteroatoms. The first-order chi connectivity index (χ1) is 11.2. The molecule has 0 aliphatic carbocycles. The van der Waals surface area contributed by atoms with Crippen molar-refractivity contribution >= 4 is 23.7 Å². The lowest BCUT2D eigenvalue weighted by Gasteiger charge is -2.25. The van der Waals surface area contributed by atoms with Crippen LogP contribution >= 0.6 is 0 Å². The van der Waals surface area contributed by atoms with Gasteiger partial charge in [0.15, 0.2) is 0 Å². The molecule has 3 amide bonds. The minimum Gasteiger partial charge on any atom is -0.480 e. The molecule has 138 valence electrons.